The van der Waals surface area contributed by atoms with Crippen molar-refractivity contribution in [3.8, 4) is 0 Å². The van der Waals surface area contributed by atoms with E-state index in [4.69, 9.17) is 10.2 Å². The SMILES string of the molecule is NC(=O)C1CCCCN(C(=O)c2cc3ccccc3oc2=O)C1. The van der Waals surface area contributed by atoms with Gasteiger partial charge in [0.05, 0.1) is 5.92 Å². The van der Waals surface area contributed by atoms with Gasteiger partial charge in [0.25, 0.3) is 5.91 Å². The second-order valence-corrected chi connectivity index (χ2v) is 5.83. The maximum Gasteiger partial charge on any atom is 0.349 e. The summed E-state index contributed by atoms with van der Waals surface area (Å²) in [5.41, 5.74) is 5.16. The van der Waals surface area contributed by atoms with E-state index in [1.54, 1.807) is 24.3 Å². The molecule has 0 spiro atoms. The van der Waals surface area contributed by atoms with Crippen LogP contribution in [-0.2, 0) is 4.79 Å². The van der Waals surface area contributed by atoms with Gasteiger partial charge in [0.2, 0.25) is 5.91 Å². The second kappa shape index (κ2) is 6.24. The maximum absolute atomic E-state index is 12.7. The Morgan fingerprint density at radius 2 is 2.00 bits per heavy atom. The normalized spacial score (nSPS) is 18.6. The molecule has 1 fully saturated rings. The van der Waals surface area contributed by atoms with Crippen molar-refractivity contribution in [2.24, 2.45) is 11.7 Å². The molecule has 2 N–H and O–H groups in total. The lowest BCUT2D eigenvalue weighted by Crippen LogP contribution is -2.40. The Morgan fingerprint density at radius 3 is 2.78 bits per heavy atom. The predicted molar refractivity (Wildman–Crippen MR) is 84.9 cm³/mol. The highest BCUT2D eigenvalue weighted by Gasteiger charge is 2.27. The molecule has 2 amide bonds. The summed E-state index contributed by atoms with van der Waals surface area (Å²) >= 11 is 0. The molecule has 3 rings (SSSR count). The molecule has 0 aliphatic carbocycles. The number of nitrogens with zero attached hydrogens (tertiary/aromatic N) is 1. The van der Waals surface area contributed by atoms with Crippen molar-refractivity contribution in [2.75, 3.05) is 13.1 Å². The number of likely N-dealkylation sites (tertiary alicyclic amines) is 1. The zero-order valence-corrected chi connectivity index (χ0v) is 12.7. The van der Waals surface area contributed by atoms with E-state index in [9.17, 15) is 14.4 Å². The molecule has 1 aliphatic heterocycles. The van der Waals surface area contributed by atoms with E-state index in [2.05, 4.69) is 0 Å². The highest BCUT2D eigenvalue weighted by Crippen LogP contribution is 2.19. The molecule has 1 aromatic heterocycles. The Morgan fingerprint density at radius 1 is 1.22 bits per heavy atom. The first-order valence-electron chi connectivity index (χ1n) is 7.68. The fourth-order valence-corrected chi connectivity index (χ4v) is 2.94. The van der Waals surface area contributed by atoms with Gasteiger partial charge in [-0.15, -0.1) is 0 Å². The van der Waals surface area contributed by atoms with E-state index >= 15 is 0 Å². The lowest BCUT2D eigenvalue weighted by atomic mass is 10.0. The van der Waals surface area contributed by atoms with Gasteiger partial charge in [0.15, 0.2) is 0 Å². The quantitative estimate of drug-likeness (QED) is 0.850. The van der Waals surface area contributed by atoms with Gasteiger partial charge >= 0.3 is 5.63 Å². The molecule has 1 unspecified atom stereocenters. The van der Waals surface area contributed by atoms with Crippen LogP contribution in [0.5, 0.6) is 0 Å². The maximum atomic E-state index is 12.7. The molecule has 1 aromatic carbocycles. The minimum Gasteiger partial charge on any atom is -0.422 e. The van der Waals surface area contributed by atoms with Crippen LogP contribution in [0, 0.1) is 5.92 Å². The van der Waals surface area contributed by atoms with Gasteiger partial charge in [-0.05, 0) is 25.0 Å². The molecule has 0 saturated carbocycles. The fraction of sp³-hybridized carbons (Fsp3) is 0.353. The second-order valence-electron chi connectivity index (χ2n) is 5.83. The van der Waals surface area contributed by atoms with Gasteiger partial charge in [-0.2, -0.15) is 0 Å². The lowest BCUT2D eigenvalue weighted by molar-refractivity contribution is -0.122. The number of para-hydroxylation sites is 1. The van der Waals surface area contributed by atoms with E-state index in [0.29, 0.717) is 23.9 Å². The van der Waals surface area contributed by atoms with Crippen LogP contribution in [0.4, 0.5) is 0 Å². The highest BCUT2D eigenvalue weighted by atomic mass is 16.4. The van der Waals surface area contributed by atoms with Crippen molar-refractivity contribution in [1.82, 2.24) is 4.90 Å². The van der Waals surface area contributed by atoms with Crippen molar-refractivity contribution >= 4 is 22.8 Å². The van der Waals surface area contributed by atoms with Crippen LogP contribution in [0.15, 0.2) is 39.5 Å². The number of hydrogen-bond donors (Lipinski definition) is 1. The molecule has 1 aliphatic rings. The summed E-state index contributed by atoms with van der Waals surface area (Å²) < 4.78 is 5.22. The van der Waals surface area contributed by atoms with E-state index in [1.807, 2.05) is 6.07 Å². The molecule has 2 heterocycles. The average Bonchev–Trinajstić information content (AvgIpc) is 2.80. The Kier molecular flexibility index (Phi) is 4.14. The summed E-state index contributed by atoms with van der Waals surface area (Å²) in [6.07, 6.45) is 2.30. The van der Waals surface area contributed by atoms with Crippen LogP contribution in [-0.4, -0.2) is 29.8 Å². The molecule has 6 heteroatoms. The molecule has 1 saturated heterocycles. The number of nitrogens with two attached hydrogens (primary N) is 1. The molecule has 0 bridgehead atoms. The molecule has 23 heavy (non-hydrogen) atoms. The smallest absolute Gasteiger partial charge is 0.349 e. The average molecular weight is 314 g/mol. The Labute approximate surface area is 132 Å². The van der Waals surface area contributed by atoms with E-state index in [0.717, 1.165) is 12.8 Å². The summed E-state index contributed by atoms with van der Waals surface area (Å²) in [5.74, 6) is -1.18. The number of hydrogen-bond acceptors (Lipinski definition) is 4. The summed E-state index contributed by atoms with van der Waals surface area (Å²) in [4.78, 5) is 37.8. The summed E-state index contributed by atoms with van der Waals surface area (Å²) in [7, 11) is 0. The zero-order chi connectivity index (χ0) is 16.4. The zero-order valence-electron chi connectivity index (χ0n) is 12.7. The first kappa shape index (κ1) is 15.3. The van der Waals surface area contributed by atoms with Gasteiger partial charge in [-0.1, -0.05) is 24.6 Å². The number of carbonyl (C=O) groups is 2. The van der Waals surface area contributed by atoms with E-state index in [-0.39, 0.29) is 18.0 Å². The first-order chi connectivity index (χ1) is 11.1. The Bertz CT molecular complexity index is 812. The summed E-state index contributed by atoms with van der Waals surface area (Å²) in [6, 6.07) is 8.59. The van der Waals surface area contributed by atoms with Crippen molar-refractivity contribution in [3.05, 3.63) is 46.3 Å². The lowest BCUT2D eigenvalue weighted by Gasteiger charge is -2.22. The Balaban J connectivity index is 1.94. The number of fused-ring (bicyclic) bond motifs is 1. The van der Waals surface area contributed by atoms with Crippen LogP contribution >= 0.6 is 0 Å². The molecule has 1 atom stereocenters. The van der Waals surface area contributed by atoms with Crippen molar-refractivity contribution < 1.29 is 14.0 Å². The summed E-state index contributed by atoms with van der Waals surface area (Å²) in [5, 5.41) is 0.691. The molecule has 0 radical (unpaired) electrons. The molecule has 6 nitrogen and oxygen atoms in total. The number of carbonyl (C=O) groups excluding carboxylic acids is 2. The summed E-state index contributed by atoms with van der Waals surface area (Å²) in [6.45, 7) is 0.759. The van der Waals surface area contributed by atoms with Crippen LogP contribution in [0.3, 0.4) is 0 Å². The largest absolute Gasteiger partial charge is 0.422 e. The topological polar surface area (TPSA) is 93.6 Å². The molecule has 2 aromatic rings. The van der Waals surface area contributed by atoms with Gasteiger partial charge in [0.1, 0.15) is 11.1 Å². The number of amides is 2. The van der Waals surface area contributed by atoms with Crippen LogP contribution in [0.2, 0.25) is 0 Å². The third-order valence-corrected chi connectivity index (χ3v) is 4.23. The van der Waals surface area contributed by atoms with Crippen LogP contribution in [0.1, 0.15) is 29.6 Å². The van der Waals surface area contributed by atoms with Gasteiger partial charge < -0.3 is 15.1 Å². The van der Waals surface area contributed by atoms with Crippen LogP contribution in [0.25, 0.3) is 11.0 Å². The van der Waals surface area contributed by atoms with Crippen LogP contribution < -0.4 is 11.4 Å². The molecule has 120 valence electrons. The van der Waals surface area contributed by atoms with E-state index < -0.39 is 17.4 Å². The van der Waals surface area contributed by atoms with Gasteiger partial charge in [0, 0.05) is 18.5 Å². The molecular weight excluding hydrogens is 296 g/mol. The van der Waals surface area contributed by atoms with Crippen molar-refractivity contribution in [1.29, 1.82) is 0 Å². The first-order valence-corrected chi connectivity index (χ1v) is 7.68. The number of rotatable bonds is 2. The third kappa shape index (κ3) is 3.11. The van der Waals surface area contributed by atoms with Gasteiger partial charge in [-0.3, -0.25) is 9.59 Å². The third-order valence-electron chi connectivity index (χ3n) is 4.23. The number of primary amides is 1. The highest BCUT2D eigenvalue weighted by molar-refractivity contribution is 5.97. The molecular formula is C17H18N2O4. The standard InChI is InChI=1S/C17H18N2O4/c18-15(20)12-6-3-4-8-19(10-12)16(21)13-9-11-5-1-2-7-14(11)23-17(13)22/h1-2,5,7,9,12H,3-4,6,8,10H2,(H2,18,20). The minimum atomic E-state index is -0.659. The minimum absolute atomic E-state index is 0.00572. The predicted octanol–water partition coefficient (Wildman–Crippen LogP) is 1.52. The Hall–Kier alpha value is -2.63. The number of benzene rings is 1. The van der Waals surface area contributed by atoms with Crippen molar-refractivity contribution in [3.63, 3.8) is 0 Å². The van der Waals surface area contributed by atoms with E-state index in [1.165, 1.54) is 4.90 Å². The fourth-order valence-electron chi connectivity index (χ4n) is 2.94. The van der Waals surface area contributed by atoms with Gasteiger partial charge in [-0.25, -0.2) is 4.79 Å². The van der Waals surface area contributed by atoms with Crippen molar-refractivity contribution in [2.45, 2.75) is 19.3 Å². The monoisotopic (exact) mass is 314 g/mol.